The summed E-state index contributed by atoms with van der Waals surface area (Å²) in [4.78, 5) is 0. The predicted molar refractivity (Wildman–Crippen MR) is 71.1 cm³/mol. The van der Waals surface area contributed by atoms with Crippen LogP contribution in [-0.2, 0) is 6.54 Å². The van der Waals surface area contributed by atoms with Crippen molar-refractivity contribution in [2.45, 2.75) is 58.5 Å². The van der Waals surface area contributed by atoms with E-state index in [0.29, 0.717) is 11.8 Å². The summed E-state index contributed by atoms with van der Waals surface area (Å²) in [5, 5.41) is 8.03. The lowest BCUT2D eigenvalue weighted by molar-refractivity contribution is 0.446. The second-order valence-electron chi connectivity index (χ2n) is 5.49. The molecule has 1 N–H and O–H groups in total. The molecular formula is C14H25N3. The van der Waals surface area contributed by atoms with Gasteiger partial charge in [-0.15, -0.1) is 0 Å². The fourth-order valence-corrected chi connectivity index (χ4v) is 2.11. The molecule has 0 bridgehead atoms. The van der Waals surface area contributed by atoms with Gasteiger partial charge in [-0.05, 0) is 43.2 Å². The molecule has 1 aliphatic rings. The lowest BCUT2D eigenvalue weighted by Crippen LogP contribution is -2.25. The lowest BCUT2D eigenvalue weighted by atomic mass is 9.91. The Morgan fingerprint density at radius 2 is 2.24 bits per heavy atom. The van der Waals surface area contributed by atoms with E-state index in [1.807, 2.05) is 6.20 Å². The van der Waals surface area contributed by atoms with E-state index in [0.717, 1.165) is 25.6 Å². The molecule has 1 aromatic rings. The third kappa shape index (κ3) is 3.56. The second-order valence-corrected chi connectivity index (χ2v) is 5.49. The smallest absolute Gasteiger partial charge is 0.0524 e. The summed E-state index contributed by atoms with van der Waals surface area (Å²) in [6.07, 6.45) is 8.13. The molecule has 17 heavy (non-hydrogen) atoms. The average molecular weight is 235 g/mol. The van der Waals surface area contributed by atoms with E-state index < -0.39 is 0 Å². The first-order chi connectivity index (χ1) is 8.20. The zero-order valence-corrected chi connectivity index (χ0v) is 11.3. The topological polar surface area (TPSA) is 29.9 Å². The third-order valence-electron chi connectivity index (χ3n) is 3.79. The van der Waals surface area contributed by atoms with Crippen LogP contribution in [0, 0.1) is 5.92 Å². The molecule has 2 unspecified atom stereocenters. The number of hydrogen-bond acceptors (Lipinski definition) is 2. The third-order valence-corrected chi connectivity index (χ3v) is 3.79. The van der Waals surface area contributed by atoms with Crippen molar-refractivity contribution in [2.75, 3.05) is 6.54 Å². The Morgan fingerprint density at radius 1 is 1.47 bits per heavy atom. The largest absolute Gasteiger partial charge is 0.314 e. The van der Waals surface area contributed by atoms with Gasteiger partial charge in [0.2, 0.25) is 0 Å². The molecule has 0 spiro atoms. The Bertz CT molecular complexity index is 341. The van der Waals surface area contributed by atoms with Gasteiger partial charge in [-0.25, -0.2) is 0 Å². The Labute approximate surface area is 105 Å². The van der Waals surface area contributed by atoms with Crippen molar-refractivity contribution in [3.05, 3.63) is 18.0 Å². The first-order valence-electron chi connectivity index (χ1n) is 6.96. The van der Waals surface area contributed by atoms with Crippen LogP contribution in [0.2, 0.25) is 0 Å². The molecule has 0 amide bonds. The first kappa shape index (κ1) is 12.6. The monoisotopic (exact) mass is 235 g/mol. The van der Waals surface area contributed by atoms with Gasteiger partial charge in [0.25, 0.3) is 0 Å². The van der Waals surface area contributed by atoms with Gasteiger partial charge in [0.15, 0.2) is 0 Å². The van der Waals surface area contributed by atoms with Crippen molar-refractivity contribution in [1.29, 1.82) is 0 Å². The standard InChI is InChI=1S/C14H25N3/c1-4-7-17-10-13(9-16-17)12(3)11(2)8-15-14-5-6-14/h9-12,14-15H,4-8H2,1-3H3. The van der Waals surface area contributed by atoms with Crippen molar-refractivity contribution in [3.8, 4) is 0 Å². The summed E-state index contributed by atoms with van der Waals surface area (Å²) >= 11 is 0. The van der Waals surface area contributed by atoms with Crippen molar-refractivity contribution in [1.82, 2.24) is 15.1 Å². The SMILES string of the molecule is CCCn1cc(C(C)C(C)CNC2CC2)cn1. The molecular weight excluding hydrogens is 210 g/mol. The van der Waals surface area contributed by atoms with Gasteiger partial charge in [0.05, 0.1) is 6.20 Å². The van der Waals surface area contributed by atoms with E-state index in [1.165, 1.54) is 18.4 Å². The van der Waals surface area contributed by atoms with Crippen LogP contribution in [0.4, 0.5) is 0 Å². The maximum absolute atomic E-state index is 4.41. The molecule has 2 atom stereocenters. The Morgan fingerprint density at radius 3 is 2.88 bits per heavy atom. The van der Waals surface area contributed by atoms with E-state index in [1.54, 1.807) is 0 Å². The van der Waals surface area contributed by atoms with Crippen molar-refractivity contribution in [3.63, 3.8) is 0 Å². The van der Waals surface area contributed by atoms with Gasteiger partial charge in [0, 0.05) is 18.8 Å². The highest BCUT2D eigenvalue weighted by Crippen LogP contribution is 2.25. The van der Waals surface area contributed by atoms with Crippen LogP contribution in [0.15, 0.2) is 12.4 Å². The molecule has 3 nitrogen and oxygen atoms in total. The van der Waals surface area contributed by atoms with Crippen LogP contribution in [0.5, 0.6) is 0 Å². The number of nitrogens with zero attached hydrogens (tertiary/aromatic N) is 2. The summed E-state index contributed by atoms with van der Waals surface area (Å²) in [7, 11) is 0. The van der Waals surface area contributed by atoms with Crippen molar-refractivity contribution < 1.29 is 0 Å². The highest BCUT2D eigenvalue weighted by Gasteiger charge is 2.23. The van der Waals surface area contributed by atoms with E-state index >= 15 is 0 Å². The van der Waals surface area contributed by atoms with Gasteiger partial charge >= 0.3 is 0 Å². The fourth-order valence-electron chi connectivity index (χ4n) is 2.11. The molecule has 1 saturated carbocycles. The highest BCUT2D eigenvalue weighted by molar-refractivity contribution is 5.11. The predicted octanol–water partition coefficient (Wildman–Crippen LogP) is 2.78. The summed E-state index contributed by atoms with van der Waals surface area (Å²) in [5.74, 6) is 1.27. The summed E-state index contributed by atoms with van der Waals surface area (Å²) in [6, 6.07) is 0.812. The zero-order chi connectivity index (χ0) is 12.3. The van der Waals surface area contributed by atoms with Crippen LogP contribution < -0.4 is 5.32 Å². The van der Waals surface area contributed by atoms with Gasteiger partial charge < -0.3 is 5.32 Å². The minimum Gasteiger partial charge on any atom is -0.314 e. The quantitative estimate of drug-likeness (QED) is 0.787. The molecule has 3 heteroatoms. The van der Waals surface area contributed by atoms with Gasteiger partial charge in [-0.3, -0.25) is 4.68 Å². The molecule has 96 valence electrons. The molecule has 0 aliphatic heterocycles. The summed E-state index contributed by atoms with van der Waals surface area (Å²) in [6.45, 7) is 8.99. The van der Waals surface area contributed by atoms with Gasteiger partial charge in [-0.1, -0.05) is 20.8 Å². The van der Waals surface area contributed by atoms with Crippen molar-refractivity contribution >= 4 is 0 Å². The molecule has 0 aromatic carbocycles. The molecule has 1 heterocycles. The summed E-state index contributed by atoms with van der Waals surface area (Å²) < 4.78 is 2.06. The van der Waals surface area contributed by atoms with E-state index in [2.05, 4.69) is 42.1 Å². The normalized spacial score (nSPS) is 19.2. The van der Waals surface area contributed by atoms with Gasteiger partial charge in [-0.2, -0.15) is 5.10 Å². The van der Waals surface area contributed by atoms with E-state index in [4.69, 9.17) is 0 Å². The minimum atomic E-state index is 0.590. The Balaban J connectivity index is 1.84. The second kappa shape index (κ2) is 5.67. The van der Waals surface area contributed by atoms with Crippen LogP contribution in [-0.4, -0.2) is 22.4 Å². The average Bonchev–Trinajstić information content (AvgIpc) is 3.04. The molecule has 1 fully saturated rings. The van der Waals surface area contributed by atoms with Crippen LogP contribution >= 0.6 is 0 Å². The van der Waals surface area contributed by atoms with Crippen LogP contribution in [0.1, 0.15) is 51.5 Å². The molecule has 1 aromatic heterocycles. The van der Waals surface area contributed by atoms with E-state index in [-0.39, 0.29) is 0 Å². The first-order valence-corrected chi connectivity index (χ1v) is 6.96. The maximum Gasteiger partial charge on any atom is 0.0524 e. The maximum atomic E-state index is 4.41. The highest BCUT2D eigenvalue weighted by atomic mass is 15.3. The number of aromatic nitrogens is 2. The van der Waals surface area contributed by atoms with Gasteiger partial charge in [0.1, 0.15) is 0 Å². The lowest BCUT2D eigenvalue weighted by Gasteiger charge is -2.19. The molecule has 0 radical (unpaired) electrons. The fraction of sp³-hybridized carbons (Fsp3) is 0.786. The Kier molecular flexibility index (Phi) is 4.21. The number of hydrogen-bond donors (Lipinski definition) is 1. The van der Waals surface area contributed by atoms with Crippen molar-refractivity contribution in [2.24, 2.45) is 5.92 Å². The Hall–Kier alpha value is -0.830. The molecule has 2 rings (SSSR count). The minimum absolute atomic E-state index is 0.590. The molecule has 0 saturated heterocycles. The van der Waals surface area contributed by atoms with Crippen LogP contribution in [0.3, 0.4) is 0 Å². The number of aryl methyl sites for hydroxylation is 1. The number of nitrogens with one attached hydrogen (secondary N) is 1. The van der Waals surface area contributed by atoms with E-state index in [9.17, 15) is 0 Å². The zero-order valence-electron chi connectivity index (χ0n) is 11.3. The molecule has 1 aliphatic carbocycles. The number of rotatable bonds is 7. The van der Waals surface area contributed by atoms with Crippen LogP contribution in [0.25, 0.3) is 0 Å². The summed E-state index contributed by atoms with van der Waals surface area (Å²) in [5.41, 5.74) is 1.38.